The highest BCUT2D eigenvalue weighted by atomic mass is 16.5. The summed E-state index contributed by atoms with van der Waals surface area (Å²) < 4.78 is 5.16. The van der Waals surface area contributed by atoms with Crippen molar-refractivity contribution in [3.63, 3.8) is 0 Å². The Kier molecular flexibility index (Phi) is 5.20. The lowest BCUT2D eigenvalue weighted by Crippen LogP contribution is -2.35. The quantitative estimate of drug-likeness (QED) is 0.882. The first-order chi connectivity index (χ1) is 8.37. The summed E-state index contributed by atoms with van der Waals surface area (Å²) in [5.41, 5.74) is 1.20. The van der Waals surface area contributed by atoms with Crippen molar-refractivity contribution in [2.45, 2.75) is 46.8 Å². The molecule has 0 radical (unpaired) electrons. The third-order valence-corrected chi connectivity index (χ3v) is 2.50. The van der Waals surface area contributed by atoms with Gasteiger partial charge in [0.1, 0.15) is 6.61 Å². The van der Waals surface area contributed by atoms with Crippen molar-refractivity contribution in [2.75, 3.05) is 0 Å². The molecule has 0 unspecified atom stereocenters. The number of nitrogens with one attached hydrogen (secondary N) is 1. The molecule has 0 aliphatic rings. The molecule has 0 spiro atoms. The maximum absolute atomic E-state index is 11.6. The van der Waals surface area contributed by atoms with Crippen molar-refractivity contribution in [3.05, 3.63) is 35.9 Å². The predicted octanol–water partition coefficient (Wildman–Crippen LogP) is 3.74. The van der Waals surface area contributed by atoms with Crippen molar-refractivity contribution < 1.29 is 9.53 Å². The smallest absolute Gasteiger partial charge is 0.407 e. The summed E-state index contributed by atoms with van der Waals surface area (Å²) in [7, 11) is 0. The lowest BCUT2D eigenvalue weighted by atomic mass is 9.89. The third-order valence-electron chi connectivity index (χ3n) is 2.50. The summed E-state index contributed by atoms with van der Waals surface area (Å²) in [6, 6.07) is 9.79. The second-order valence-electron chi connectivity index (χ2n) is 5.87. The third kappa shape index (κ3) is 6.28. The van der Waals surface area contributed by atoms with Gasteiger partial charge in [-0.25, -0.2) is 4.79 Å². The Labute approximate surface area is 110 Å². The molecular weight excluding hydrogens is 226 g/mol. The minimum atomic E-state index is -0.351. The molecule has 1 amide bonds. The van der Waals surface area contributed by atoms with Crippen LogP contribution in [0.2, 0.25) is 0 Å². The number of carbonyl (C=O) groups excluding carboxylic acids is 1. The summed E-state index contributed by atoms with van der Waals surface area (Å²) in [5, 5.41) is 2.85. The van der Waals surface area contributed by atoms with Gasteiger partial charge in [0, 0.05) is 6.04 Å². The van der Waals surface area contributed by atoms with Gasteiger partial charge in [-0.1, -0.05) is 51.1 Å². The maximum atomic E-state index is 11.6. The van der Waals surface area contributed by atoms with Crippen LogP contribution in [0, 0.1) is 5.41 Å². The number of benzene rings is 1. The molecule has 0 aromatic heterocycles. The normalized spacial score (nSPS) is 12.9. The first-order valence-electron chi connectivity index (χ1n) is 6.34. The molecule has 0 bridgehead atoms. The molecular formula is C15H23NO2. The van der Waals surface area contributed by atoms with Crippen LogP contribution >= 0.6 is 0 Å². The standard InChI is InChI=1S/C15H23NO2/c1-12(10-15(2,3)4)16-14(17)18-11-13-8-6-5-7-9-13/h5-9,12H,10-11H2,1-4H3,(H,16,17)/t12-/m0/s1. The number of rotatable bonds is 4. The number of alkyl carbamates (subject to hydrolysis) is 1. The first kappa shape index (κ1) is 14.6. The topological polar surface area (TPSA) is 38.3 Å². The molecule has 1 aromatic rings. The van der Waals surface area contributed by atoms with Gasteiger partial charge in [-0.15, -0.1) is 0 Å². The van der Waals surface area contributed by atoms with Crippen molar-refractivity contribution in [1.82, 2.24) is 5.32 Å². The van der Waals surface area contributed by atoms with Gasteiger partial charge < -0.3 is 10.1 Å². The molecule has 0 aliphatic heterocycles. The number of hydrogen-bond donors (Lipinski definition) is 1. The Morgan fingerprint density at radius 1 is 1.28 bits per heavy atom. The van der Waals surface area contributed by atoms with Crippen LogP contribution in [-0.4, -0.2) is 12.1 Å². The summed E-state index contributed by atoms with van der Waals surface area (Å²) in [4.78, 5) is 11.6. The number of amides is 1. The molecule has 0 saturated heterocycles. The Hall–Kier alpha value is -1.51. The zero-order chi connectivity index (χ0) is 13.6. The molecule has 1 atom stereocenters. The molecule has 0 heterocycles. The van der Waals surface area contributed by atoms with Gasteiger partial charge in [-0.05, 0) is 24.3 Å². The number of carbonyl (C=O) groups is 1. The fourth-order valence-corrected chi connectivity index (χ4v) is 1.94. The SMILES string of the molecule is C[C@@H](CC(C)(C)C)NC(=O)OCc1ccccc1. The molecule has 0 saturated carbocycles. The van der Waals surface area contributed by atoms with Crippen LogP contribution in [-0.2, 0) is 11.3 Å². The van der Waals surface area contributed by atoms with Gasteiger partial charge in [-0.2, -0.15) is 0 Å². The van der Waals surface area contributed by atoms with E-state index in [9.17, 15) is 4.79 Å². The van der Waals surface area contributed by atoms with Crippen LogP contribution in [0.4, 0.5) is 4.79 Å². The van der Waals surface area contributed by atoms with Crippen molar-refractivity contribution >= 4 is 6.09 Å². The van der Waals surface area contributed by atoms with Crippen molar-refractivity contribution in [2.24, 2.45) is 5.41 Å². The van der Waals surface area contributed by atoms with E-state index >= 15 is 0 Å². The average molecular weight is 249 g/mol. The minimum Gasteiger partial charge on any atom is -0.445 e. The fraction of sp³-hybridized carbons (Fsp3) is 0.533. The van der Waals surface area contributed by atoms with Crippen LogP contribution in [0.5, 0.6) is 0 Å². The molecule has 100 valence electrons. The zero-order valence-electron chi connectivity index (χ0n) is 11.7. The second-order valence-corrected chi connectivity index (χ2v) is 5.87. The lowest BCUT2D eigenvalue weighted by molar-refractivity contribution is 0.133. The number of ether oxygens (including phenoxy) is 1. The van der Waals surface area contributed by atoms with Gasteiger partial charge in [0.25, 0.3) is 0 Å². The molecule has 0 fully saturated rings. The molecule has 1 rings (SSSR count). The van der Waals surface area contributed by atoms with E-state index in [4.69, 9.17) is 4.74 Å². The number of hydrogen-bond acceptors (Lipinski definition) is 2. The van der Waals surface area contributed by atoms with E-state index in [1.165, 1.54) is 0 Å². The highest BCUT2D eigenvalue weighted by molar-refractivity contribution is 5.67. The monoisotopic (exact) mass is 249 g/mol. The highest BCUT2D eigenvalue weighted by Crippen LogP contribution is 2.20. The van der Waals surface area contributed by atoms with Crippen LogP contribution in [0.1, 0.15) is 39.7 Å². The van der Waals surface area contributed by atoms with Crippen LogP contribution in [0.3, 0.4) is 0 Å². The van der Waals surface area contributed by atoms with Crippen LogP contribution in [0.25, 0.3) is 0 Å². The largest absolute Gasteiger partial charge is 0.445 e. The Morgan fingerprint density at radius 3 is 2.44 bits per heavy atom. The van der Waals surface area contributed by atoms with Crippen molar-refractivity contribution in [1.29, 1.82) is 0 Å². The highest BCUT2D eigenvalue weighted by Gasteiger charge is 2.17. The first-order valence-corrected chi connectivity index (χ1v) is 6.34. The molecule has 0 aliphatic carbocycles. The van der Waals surface area contributed by atoms with Crippen molar-refractivity contribution in [3.8, 4) is 0 Å². The van der Waals surface area contributed by atoms with Gasteiger partial charge in [-0.3, -0.25) is 0 Å². The van der Waals surface area contributed by atoms with E-state index < -0.39 is 0 Å². The molecule has 1 N–H and O–H groups in total. The van der Waals surface area contributed by atoms with Crippen LogP contribution in [0.15, 0.2) is 30.3 Å². The minimum absolute atomic E-state index is 0.119. The lowest BCUT2D eigenvalue weighted by Gasteiger charge is -2.23. The zero-order valence-corrected chi connectivity index (χ0v) is 11.7. The van der Waals surface area contributed by atoms with Gasteiger partial charge >= 0.3 is 6.09 Å². The summed E-state index contributed by atoms with van der Waals surface area (Å²) in [5.74, 6) is 0. The second kappa shape index (κ2) is 6.43. The summed E-state index contributed by atoms with van der Waals surface area (Å²) >= 11 is 0. The molecule has 3 nitrogen and oxygen atoms in total. The average Bonchev–Trinajstić information content (AvgIpc) is 2.25. The molecule has 18 heavy (non-hydrogen) atoms. The Balaban J connectivity index is 2.30. The van der Waals surface area contributed by atoms with E-state index in [1.807, 2.05) is 37.3 Å². The van der Waals surface area contributed by atoms with E-state index in [-0.39, 0.29) is 17.6 Å². The van der Waals surface area contributed by atoms with Gasteiger partial charge in [0.2, 0.25) is 0 Å². The summed E-state index contributed by atoms with van der Waals surface area (Å²) in [6.45, 7) is 8.77. The van der Waals surface area contributed by atoms with Crippen LogP contribution < -0.4 is 5.32 Å². The van der Waals surface area contributed by atoms with E-state index in [0.29, 0.717) is 6.61 Å². The van der Waals surface area contributed by atoms with Gasteiger partial charge in [0.15, 0.2) is 0 Å². The van der Waals surface area contributed by atoms with Gasteiger partial charge in [0.05, 0.1) is 0 Å². The fourth-order valence-electron chi connectivity index (χ4n) is 1.94. The molecule has 3 heteroatoms. The predicted molar refractivity (Wildman–Crippen MR) is 73.3 cm³/mol. The molecule has 1 aromatic carbocycles. The Morgan fingerprint density at radius 2 is 1.89 bits per heavy atom. The Bertz CT molecular complexity index is 368. The summed E-state index contributed by atoms with van der Waals surface area (Å²) in [6.07, 6.45) is 0.573. The van der Waals surface area contributed by atoms with E-state index in [0.717, 1.165) is 12.0 Å². The maximum Gasteiger partial charge on any atom is 0.407 e. The van der Waals surface area contributed by atoms with E-state index in [2.05, 4.69) is 26.1 Å². The van der Waals surface area contributed by atoms with E-state index in [1.54, 1.807) is 0 Å².